The largest absolute Gasteiger partial charge is 0.399 e. The van der Waals surface area contributed by atoms with Gasteiger partial charge < -0.3 is 11.1 Å². The van der Waals surface area contributed by atoms with E-state index in [0.29, 0.717) is 6.04 Å². The minimum Gasteiger partial charge on any atom is -0.399 e. The van der Waals surface area contributed by atoms with E-state index in [1.54, 1.807) is 6.33 Å². The molecule has 2 rings (SSSR count). The zero-order chi connectivity index (χ0) is 14.4. The van der Waals surface area contributed by atoms with Crippen molar-refractivity contribution in [2.24, 2.45) is 0 Å². The van der Waals surface area contributed by atoms with Gasteiger partial charge in [-0.3, -0.25) is 0 Å². The highest BCUT2D eigenvalue weighted by molar-refractivity contribution is 5.91. The van der Waals surface area contributed by atoms with E-state index >= 15 is 0 Å². The van der Waals surface area contributed by atoms with E-state index in [4.69, 9.17) is 5.73 Å². The molecule has 0 bridgehead atoms. The second-order valence-corrected chi connectivity index (χ2v) is 5.27. The van der Waals surface area contributed by atoms with Crippen LogP contribution in [-0.4, -0.2) is 16.0 Å². The molecule has 3 N–H and O–H groups in total. The Balaban J connectivity index is 2.24. The summed E-state index contributed by atoms with van der Waals surface area (Å²) < 4.78 is 0. The van der Waals surface area contributed by atoms with Crippen molar-refractivity contribution in [1.82, 2.24) is 9.97 Å². The predicted molar refractivity (Wildman–Crippen MR) is 85.8 cm³/mol. The summed E-state index contributed by atoms with van der Waals surface area (Å²) >= 11 is 0. The molecule has 0 spiro atoms. The van der Waals surface area contributed by atoms with Crippen LogP contribution >= 0.6 is 0 Å². The van der Waals surface area contributed by atoms with E-state index in [1.165, 1.54) is 25.7 Å². The fourth-order valence-corrected chi connectivity index (χ4v) is 2.47. The van der Waals surface area contributed by atoms with E-state index in [9.17, 15) is 0 Å². The first-order valence-electron chi connectivity index (χ1n) is 7.51. The number of unbranched alkanes of at least 4 members (excludes halogenated alkanes) is 1. The number of nitrogens with zero attached hydrogens (tertiary/aromatic N) is 2. The van der Waals surface area contributed by atoms with Gasteiger partial charge in [-0.25, -0.2) is 9.97 Å². The van der Waals surface area contributed by atoms with Crippen LogP contribution in [0.25, 0.3) is 10.9 Å². The van der Waals surface area contributed by atoms with E-state index in [1.807, 2.05) is 18.2 Å². The summed E-state index contributed by atoms with van der Waals surface area (Å²) in [7, 11) is 0. The highest BCUT2D eigenvalue weighted by Gasteiger charge is 2.10. The molecule has 0 aliphatic heterocycles. The highest BCUT2D eigenvalue weighted by Crippen LogP contribution is 2.23. The molecule has 108 valence electrons. The summed E-state index contributed by atoms with van der Waals surface area (Å²) in [6.07, 6.45) is 7.59. The molecule has 0 fully saturated rings. The van der Waals surface area contributed by atoms with Crippen molar-refractivity contribution >= 4 is 22.4 Å². The zero-order valence-electron chi connectivity index (χ0n) is 12.4. The number of hydrogen-bond acceptors (Lipinski definition) is 4. The number of nitrogens with two attached hydrogens (primary N) is 1. The molecule has 20 heavy (non-hydrogen) atoms. The number of aromatic nitrogens is 2. The third-order valence-corrected chi connectivity index (χ3v) is 3.54. The molecular weight excluding hydrogens is 248 g/mol. The van der Waals surface area contributed by atoms with Crippen molar-refractivity contribution in [1.29, 1.82) is 0 Å². The summed E-state index contributed by atoms with van der Waals surface area (Å²) in [5.41, 5.74) is 7.56. The second kappa shape index (κ2) is 7.08. The molecule has 4 heteroatoms. The fourth-order valence-electron chi connectivity index (χ4n) is 2.47. The molecule has 0 amide bonds. The van der Waals surface area contributed by atoms with Crippen LogP contribution in [0, 0.1) is 0 Å². The minimum absolute atomic E-state index is 0.472. The van der Waals surface area contributed by atoms with Gasteiger partial charge in [0.1, 0.15) is 12.1 Å². The van der Waals surface area contributed by atoms with Gasteiger partial charge in [-0.1, -0.05) is 33.1 Å². The van der Waals surface area contributed by atoms with Crippen LogP contribution in [0.4, 0.5) is 11.5 Å². The smallest absolute Gasteiger partial charge is 0.137 e. The van der Waals surface area contributed by atoms with E-state index in [2.05, 4.69) is 29.1 Å². The van der Waals surface area contributed by atoms with Gasteiger partial charge in [0.25, 0.3) is 0 Å². The summed E-state index contributed by atoms with van der Waals surface area (Å²) in [6.45, 7) is 4.44. The van der Waals surface area contributed by atoms with Crippen LogP contribution in [0.1, 0.15) is 46.0 Å². The van der Waals surface area contributed by atoms with Gasteiger partial charge in [-0.05, 0) is 31.0 Å². The van der Waals surface area contributed by atoms with Crippen LogP contribution < -0.4 is 11.1 Å². The summed E-state index contributed by atoms with van der Waals surface area (Å²) in [5.74, 6) is 0.900. The molecule has 2 aromatic rings. The summed E-state index contributed by atoms with van der Waals surface area (Å²) in [6, 6.07) is 6.23. The molecule has 1 aromatic heterocycles. The molecule has 1 heterocycles. The molecule has 1 aromatic carbocycles. The first-order valence-corrected chi connectivity index (χ1v) is 7.51. The van der Waals surface area contributed by atoms with Crippen LogP contribution in [0.2, 0.25) is 0 Å². The number of fused-ring (bicyclic) bond motifs is 1. The van der Waals surface area contributed by atoms with Gasteiger partial charge >= 0.3 is 0 Å². The molecule has 0 aliphatic carbocycles. The van der Waals surface area contributed by atoms with Crippen molar-refractivity contribution in [3.63, 3.8) is 0 Å². The maximum absolute atomic E-state index is 5.88. The van der Waals surface area contributed by atoms with E-state index < -0.39 is 0 Å². The number of anilines is 2. The first-order chi connectivity index (χ1) is 9.74. The summed E-state index contributed by atoms with van der Waals surface area (Å²) in [4.78, 5) is 8.69. The molecular formula is C16H24N4. The Kier molecular flexibility index (Phi) is 5.16. The van der Waals surface area contributed by atoms with Crippen molar-refractivity contribution in [2.75, 3.05) is 11.1 Å². The number of benzene rings is 1. The quantitative estimate of drug-likeness (QED) is 0.748. The maximum Gasteiger partial charge on any atom is 0.137 e. The third kappa shape index (κ3) is 3.59. The average molecular weight is 272 g/mol. The molecule has 0 saturated carbocycles. The van der Waals surface area contributed by atoms with Crippen LogP contribution in [0.5, 0.6) is 0 Å². The second-order valence-electron chi connectivity index (χ2n) is 5.27. The topological polar surface area (TPSA) is 63.8 Å². The normalized spacial score (nSPS) is 12.5. The summed E-state index contributed by atoms with van der Waals surface area (Å²) in [5, 5.41) is 4.58. The van der Waals surface area contributed by atoms with Crippen molar-refractivity contribution in [2.45, 2.75) is 52.0 Å². The van der Waals surface area contributed by atoms with E-state index in [-0.39, 0.29) is 0 Å². The Labute approximate surface area is 120 Å². The predicted octanol–water partition coefficient (Wildman–Crippen LogP) is 3.98. The first kappa shape index (κ1) is 14.6. The average Bonchev–Trinajstić information content (AvgIpc) is 2.45. The Hall–Kier alpha value is -1.84. The zero-order valence-corrected chi connectivity index (χ0v) is 12.4. The standard InChI is InChI=1S/C16H24N4/c1-3-5-7-13(6-4-2)20-16-14-10-12(17)8-9-15(14)18-11-19-16/h8-11,13H,3-7,17H2,1-2H3,(H,18,19,20). The van der Waals surface area contributed by atoms with Gasteiger partial charge in [0.15, 0.2) is 0 Å². The fraction of sp³-hybridized carbons (Fsp3) is 0.500. The Bertz CT molecular complexity index is 553. The number of nitrogens with one attached hydrogen (secondary N) is 1. The van der Waals surface area contributed by atoms with Crippen LogP contribution in [0.3, 0.4) is 0 Å². The van der Waals surface area contributed by atoms with Gasteiger partial charge in [-0.15, -0.1) is 0 Å². The van der Waals surface area contributed by atoms with Crippen molar-refractivity contribution in [3.05, 3.63) is 24.5 Å². The van der Waals surface area contributed by atoms with Gasteiger partial charge in [0, 0.05) is 17.1 Å². The molecule has 1 atom stereocenters. The van der Waals surface area contributed by atoms with Crippen LogP contribution in [0.15, 0.2) is 24.5 Å². The monoisotopic (exact) mass is 272 g/mol. The SMILES string of the molecule is CCCCC(CCC)Nc1ncnc2ccc(N)cc12. The van der Waals surface area contributed by atoms with E-state index in [0.717, 1.165) is 28.8 Å². The van der Waals surface area contributed by atoms with Crippen LogP contribution in [-0.2, 0) is 0 Å². The van der Waals surface area contributed by atoms with Gasteiger partial charge in [0.05, 0.1) is 5.52 Å². The van der Waals surface area contributed by atoms with Gasteiger partial charge in [0.2, 0.25) is 0 Å². The molecule has 0 radical (unpaired) electrons. The number of nitrogen functional groups attached to an aromatic ring is 1. The lowest BCUT2D eigenvalue weighted by Gasteiger charge is -2.19. The lowest BCUT2D eigenvalue weighted by Crippen LogP contribution is -2.20. The van der Waals surface area contributed by atoms with Crippen molar-refractivity contribution in [3.8, 4) is 0 Å². The minimum atomic E-state index is 0.472. The van der Waals surface area contributed by atoms with Gasteiger partial charge in [-0.2, -0.15) is 0 Å². The highest BCUT2D eigenvalue weighted by atomic mass is 15.0. The Morgan fingerprint density at radius 2 is 2.00 bits per heavy atom. The lowest BCUT2D eigenvalue weighted by molar-refractivity contribution is 0.563. The third-order valence-electron chi connectivity index (χ3n) is 3.54. The van der Waals surface area contributed by atoms with Crippen molar-refractivity contribution < 1.29 is 0 Å². The Morgan fingerprint density at radius 1 is 1.15 bits per heavy atom. The molecule has 0 aliphatic rings. The molecule has 4 nitrogen and oxygen atoms in total. The molecule has 0 saturated heterocycles. The number of rotatable bonds is 7. The Morgan fingerprint density at radius 3 is 2.75 bits per heavy atom. The lowest BCUT2D eigenvalue weighted by atomic mass is 10.0. The number of hydrogen-bond donors (Lipinski definition) is 2. The molecule has 1 unspecified atom stereocenters. The maximum atomic E-state index is 5.88.